The lowest BCUT2D eigenvalue weighted by molar-refractivity contribution is 0.0944. The maximum absolute atomic E-state index is 11.7. The van der Waals surface area contributed by atoms with E-state index in [-0.39, 0.29) is 5.91 Å². The fraction of sp³-hybridized carbons (Fsp3) is 0.417. The van der Waals surface area contributed by atoms with E-state index in [1.54, 1.807) is 18.2 Å². The van der Waals surface area contributed by atoms with Crippen molar-refractivity contribution in [1.29, 1.82) is 0 Å². The zero-order valence-corrected chi connectivity index (χ0v) is 11.4. The van der Waals surface area contributed by atoms with Crippen LogP contribution in [0.2, 0.25) is 0 Å². The Bertz CT molecular complexity index is 383. The van der Waals surface area contributed by atoms with Crippen molar-refractivity contribution in [2.24, 2.45) is 0 Å². The van der Waals surface area contributed by atoms with Crippen LogP contribution in [0.1, 0.15) is 23.7 Å². The van der Waals surface area contributed by atoms with Crippen molar-refractivity contribution in [3.8, 4) is 0 Å². The SMILES string of the molecule is CCOCCCNC(=O)c1ccc(Br)c(N)c1. The summed E-state index contributed by atoms with van der Waals surface area (Å²) in [6.45, 7) is 3.93. The third-order valence-electron chi connectivity index (χ3n) is 2.21. The van der Waals surface area contributed by atoms with Gasteiger partial charge in [0, 0.05) is 35.5 Å². The molecule has 1 aromatic rings. The average Bonchev–Trinajstić information content (AvgIpc) is 2.32. The lowest BCUT2D eigenvalue weighted by Gasteiger charge is -2.06. The Hall–Kier alpha value is -1.07. The van der Waals surface area contributed by atoms with Crippen LogP contribution in [0, 0.1) is 0 Å². The van der Waals surface area contributed by atoms with Crippen molar-refractivity contribution in [3.05, 3.63) is 28.2 Å². The van der Waals surface area contributed by atoms with Gasteiger partial charge in [-0.25, -0.2) is 0 Å². The van der Waals surface area contributed by atoms with E-state index in [0.717, 1.165) is 10.9 Å². The molecule has 0 heterocycles. The third-order valence-corrected chi connectivity index (χ3v) is 2.94. The molecule has 0 saturated heterocycles. The summed E-state index contributed by atoms with van der Waals surface area (Å²) in [7, 11) is 0. The summed E-state index contributed by atoms with van der Waals surface area (Å²) in [5, 5.41) is 2.81. The quantitative estimate of drug-likeness (QED) is 0.625. The summed E-state index contributed by atoms with van der Waals surface area (Å²) >= 11 is 3.29. The summed E-state index contributed by atoms with van der Waals surface area (Å²) in [6, 6.07) is 5.16. The molecule has 0 fully saturated rings. The van der Waals surface area contributed by atoms with Crippen molar-refractivity contribution in [3.63, 3.8) is 0 Å². The number of rotatable bonds is 6. The maximum atomic E-state index is 11.7. The number of hydrogen-bond donors (Lipinski definition) is 2. The molecule has 0 saturated carbocycles. The lowest BCUT2D eigenvalue weighted by atomic mass is 10.2. The number of halogens is 1. The Balaban J connectivity index is 2.39. The zero-order valence-electron chi connectivity index (χ0n) is 9.83. The number of carbonyl (C=O) groups excluding carboxylic acids is 1. The molecule has 17 heavy (non-hydrogen) atoms. The van der Waals surface area contributed by atoms with E-state index in [1.165, 1.54) is 0 Å². The van der Waals surface area contributed by atoms with Gasteiger partial charge in [0.2, 0.25) is 0 Å². The Morgan fingerprint density at radius 3 is 2.94 bits per heavy atom. The Labute approximate surface area is 110 Å². The van der Waals surface area contributed by atoms with Gasteiger partial charge < -0.3 is 15.8 Å². The summed E-state index contributed by atoms with van der Waals surface area (Å²) in [5.74, 6) is -0.110. The Morgan fingerprint density at radius 2 is 2.29 bits per heavy atom. The molecule has 1 rings (SSSR count). The average molecular weight is 301 g/mol. The molecule has 0 unspecified atom stereocenters. The fourth-order valence-electron chi connectivity index (χ4n) is 1.31. The minimum atomic E-state index is -0.110. The zero-order chi connectivity index (χ0) is 12.7. The molecule has 0 bridgehead atoms. The number of amides is 1. The number of hydrogen-bond acceptors (Lipinski definition) is 3. The first-order valence-corrected chi connectivity index (χ1v) is 6.35. The number of carbonyl (C=O) groups is 1. The standard InChI is InChI=1S/C12H17BrN2O2/c1-2-17-7-3-6-15-12(16)9-4-5-10(13)11(14)8-9/h4-5,8H,2-3,6-7,14H2,1H3,(H,15,16). The van der Waals surface area contributed by atoms with Crippen LogP contribution in [0.4, 0.5) is 5.69 Å². The van der Waals surface area contributed by atoms with Gasteiger partial charge in [0.25, 0.3) is 5.91 Å². The van der Waals surface area contributed by atoms with E-state index in [2.05, 4.69) is 21.2 Å². The molecular formula is C12H17BrN2O2. The molecule has 0 aliphatic heterocycles. The molecule has 0 aliphatic carbocycles. The van der Waals surface area contributed by atoms with Crippen LogP contribution in [-0.4, -0.2) is 25.7 Å². The fourth-order valence-corrected chi connectivity index (χ4v) is 1.55. The van der Waals surface area contributed by atoms with E-state index in [1.807, 2.05) is 6.92 Å². The molecular weight excluding hydrogens is 284 g/mol. The number of nitrogen functional groups attached to an aromatic ring is 1. The third kappa shape index (κ3) is 4.75. The number of anilines is 1. The van der Waals surface area contributed by atoms with Crippen LogP contribution in [0.15, 0.2) is 22.7 Å². The molecule has 3 N–H and O–H groups in total. The van der Waals surface area contributed by atoms with Gasteiger partial charge in [-0.2, -0.15) is 0 Å². The van der Waals surface area contributed by atoms with Crippen molar-refractivity contribution < 1.29 is 9.53 Å². The summed E-state index contributed by atoms with van der Waals surface area (Å²) in [5.41, 5.74) is 6.84. The number of benzene rings is 1. The Morgan fingerprint density at radius 1 is 1.53 bits per heavy atom. The van der Waals surface area contributed by atoms with E-state index in [0.29, 0.717) is 31.0 Å². The van der Waals surface area contributed by atoms with E-state index in [9.17, 15) is 4.79 Å². The highest BCUT2D eigenvalue weighted by Crippen LogP contribution is 2.19. The van der Waals surface area contributed by atoms with Gasteiger partial charge in [-0.15, -0.1) is 0 Å². The normalized spacial score (nSPS) is 10.2. The van der Waals surface area contributed by atoms with E-state index >= 15 is 0 Å². The first kappa shape index (κ1) is 14.0. The Kier molecular flexibility index (Phi) is 6.00. The van der Waals surface area contributed by atoms with Crippen molar-refractivity contribution in [1.82, 2.24) is 5.32 Å². The molecule has 1 aromatic carbocycles. The van der Waals surface area contributed by atoms with E-state index in [4.69, 9.17) is 10.5 Å². The van der Waals surface area contributed by atoms with Crippen LogP contribution in [0.3, 0.4) is 0 Å². The second-order valence-electron chi connectivity index (χ2n) is 3.54. The molecule has 0 aliphatic rings. The highest BCUT2D eigenvalue weighted by atomic mass is 79.9. The largest absolute Gasteiger partial charge is 0.398 e. The lowest BCUT2D eigenvalue weighted by Crippen LogP contribution is -2.25. The second-order valence-corrected chi connectivity index (χ2v) is 4.40. The van der Waals surface area contributed by atoms with Crippen molar-refractivity contribution in [2.45, 2.75) is 13.3 Å². The number of nitrogens with one attached hydrogen (secondary N) is 1. The molecule has 0 spiro atoms. The predicted molar refractivity (Wildman–Crippen MR) is 72.0 cm³/mol. The monoisotopic (exact) mass is 300 g/mol. The molecule has 4 nitrogen and oxygen atoms in total. The van der Waals surface area contributed by atoms with Gasteiger partial charge in [-0.1, -0.05) is 0 Å². The molecule has 94 valence electrons. The second kappa shape index (κ2) is 7.29. The molecule has 0 atom stereocenters. The topological polar surface area (TPSA) is 64.3 Å². The van der Waals surface area contributed by atoms with Crippen LogP contribution in [0.25, 0.3) is 0 Å². The van der Waals surface area contributed by atoms with Crippen LogP contribution in [-0.2, 0) is 4.74 Å². The molecule has 5 heteroatoms. The van der Waals surface area contributed by atoms with Gasteiger partial charge in [0.1, 0.15) is 0 Å². The summed E-state index contributed by atoms with van der Waals surface area (Å²) in [4.78, 5) is 11.7. The molecule has 1 amide bonds. The van der Waals surface area contributed by atoms with Crippen LogP contribution < -0.4 is 11.1 Å². The summed E-state index contributed by atoms with van der Waals surface area (Å²) < 4.78 is 5.98. The first-order chi connectivity index (χ1) is 8.15. The van der Waals surface area contributed by atoms with Gasteiger partial charge in [0.05, 0.1) is 0 Å². The van der Waals surface area contributed by atoms with Gasteiger partial charge >= 0.3 is 0 Å². The van der Waals surface area contributed by atoms with Gasteiger partial charge in [0.15, 0.2) is 0 Å². The van der Waals surface area contributed by atoms with Crippen LogP contribution in [0.5, 0.6) is 0 Å². The summed E-state index contributed by atoms with van der Waals surface area (Å²) in [6.07, 6.45) is 0.811. The van der Waals surface area contributed by atoms with Crippen molar-refractivity contribution in [2.75, 3.05) is 25.5 Å². The first-order valence-electron chi connectivity index (χ1n) is 5.56. The van der Waals surface area contributed by atoms with Crippen molar-refractivity contribution >= 4 is 27.5 Å². The maximum Gasteiger partial charge on any atom is 0.251 e. The minimum absolute atomic E-state index is 0.110. The van der Waals surface area contributed by atoms with Crippen LogP contribution >= 0.6 is 15.9 Å². The highest BCUT2D eigenvalue weighted by molar-refractivity contribution is 9.10. The predicted octanol–water partition coefficient (Wildman–Crippen LogP) is 2.19. The number of nitrogens with two attached hydrogens (primary N) is 1. The van der Waals surface area contributed by atoms with Gasteiger partial charge in [-0.3, -0.25) is 4.79 Å². The number of ether oxygens (including phenoxy) is 1. The molecule has 0 aromatic heterocycles. The highest BCUT2D eigenvalue weighted by Gasteiger charge is 2.06. The molecule has 0 radical (unpaired) electrons. The van der Waals surface area contributed by atoms with Gasteiger partial charge in [-0.05, 0) is 47.5 Å². The smallest absolute Gasteiger partial charge is 0.251 e. The minimum Gasteiger partial charge on any atom is -0.398 e. The van der Waals surface area contributed by atoms with E-state index < -0.39 is 0 Å².